The van der Waals surface area contributed by atoms with Gasteiger partial charge in [-0.25, -0.2) is 0 Å². The van der Waals surface area contributed by atoms with Crippen molar-refractivity contribution in [2.45, 2.75) is 13.0 Å². The number of alkyl halides is 1. The van der Waals surface area contributed by atoms with Crippen LogP contribution < -0.4 is 0 Å². The molecule has 0 saturated heterocycles. The number of amides is 1. The van der Waals surface area contributed by atoms with Crippen molar-refractivity contribution in [2.75, 3.05) is 12.4 Å². The molecule has 0 unspecified atom stereocenters. The third kappa shape index (κ3) is 3.87. The third-order valence-corrected chi connectivity index (χ3v) is 2.31. The smallest absolute Gasteiger partial charge is 0.237 e. The lowest BCUT2D eigenvalue weighted by molar-refractivity contribution is -0.129. The molecule has 1 heterocycles. The number of carbonyl (C=O) groups is 1. The number of carbonyl (C=O) groups excluding carboxylic acids is 1. The highest BCUT2D eigenvalue weighted by atomic mass is 35.5. The van der Waals surface area contributed by atoms with E-state index in [-0.39, 0.29) is 11.8 Å². The van der Waals surface area contributed by atoms with Crippen LogP contribution in [-0.2, 0) is 11.3 Å². The maximum Gasteiger partial charge on any atom is 0.237 e. The van der Waals surface area contributed by atoms with Gasteiger partial charge in [-0.1, -0.05) is 0 Å². The average Bonchev–Trinajstić information content (AvgIpc) is 2.34. The summed E-state index contributed by atoms with van der Waals surface area (Å²) in [6.07, 6.45) is 3.65. The molecule has 1 amide bonds. The van der Waals surface area contributed by atoms with E-state index in [1.54, 1.807) is 17.3 Å². The average molecular weight is 238 g/mol. The minimum Gasteiger partial charge on any atom is -0.336 e. The van der Waals surface area contributed by atoms with E-state index in [1.165, 1.54) is 0 Å². The molecule has 0 saturated carbocycles. The van der Waals surface area contributed by atoms with Crippen LogP contribution in [0.2, 0.25) is 0 Å². The van der Waals surface area contributed by atoms with Crippen LogP contribution >= 0.6 is 11.6 Å². The summed E-state index contributed by atoms with van der Waals surface area (Å²) in [5, 5.41) is 8.50. The molecule has 0 aliphatic carbocycles. The van der Waals surface area contributed by atoms with E-state index in [4.69, 9.17) is 16.9 Å². The molecule has 0 aliphatic heterocycles. The second-order valence-electron chi connectivity index (χ2n) is 3.21. The van der Waals surface area contributed by atoms with Crippen LogP contribution in [0.4, 0.5) is 0 Å². The van der Waals surface area contributed by atoms with Crippen molar-refractivity contribution in [1.82, 2.24) is 9.88 Å². The van der Waals surface area contributed by atoms with Gasteiger partial charge in [0.2, 0.25) is 5.91 Å². The third-order valence-electron chi connectivity index (χ3n) is 2.08. The fourth-order valence-electron chi connectivity index (χ4n) is 1.27. The second kappa shape index (κ2) is 6.81. The quantitative estimate of drug-likeness (QED) is 0.731. The van der Waals surface area contributed by atoms with Crippen LogP contribution in [0.25, 0.3) is 0 Å². The van der Waals surface area contributed by atoms with Gasteiger partial charge in [0.05, 0.1) is 12.5 Å². The van der Waals surface area contributed by atoms with Gasteiger partial charge in [-0.3, -0.25) is 9.78 Å². The number of aromatic nitrogens is 1. The molecule has 5 heteroatoms. The number of halogens is 1. The van der Waals surface area contributed by atoms with Crippen LogP contribution in [0.3, 0.4) is 0 Å². The highest BCUT2D eigenvalue weighted by Crippen LogP contribution is 2.05. The number of rotatable bonds is 5. The van der Waals surface area contributed by atoms with E-state index in [2.05, 4.69) is 4.98 Å². The van der Waals surface area contributed by atoms with Crippen molar-refractivity contribution in [3.63, 3.8) is 0 Å². The molecule has 0 aromatic carbocycles. The zero-order valence-corrected chi connectivity index (χ0v) is 9.52. The monoisotopic (exact) mass is 237 g/mol. The molecule has 0 aliphatic rings. The van der Waals surface area contributed by atoms with Gasteiger partial charge in [0.1, 0.15) is 5.88 Å². The molecule has 0 N–H and O–H groups in total. The first kappa shape index (κ1) is 12.5. The highest BCUT2D eigenvalue weighted by Gasteiger charge is 2.12. The number of hydrogen-bond donors (Lipinski definition) is 0. The molecule has 0 spiro atoms. The molecule has 1 aromatic heterocycles. The summed E-state index contributed by atoms with van der Waals surface area (Å²) in [4.78, 5) is 17.0. The fourth-order valence-corrected chi connectivity index (χ4v) is 1.44. The van der Waals surface area contributed by atoms with Gasteiger partial charge in [-0.15, -0.1) is 11.6 Å². The molecular formula is C11H12ClN3O. The second-order valence-corrected chi connectivity index (χ2v) is 3.48. The zero-order chi connectivity index (χ0) is 11.8. The predicted molar refractivity (Wildman–Crippen MR) is 60.6 cm³/mol. The van der Waals surface area contributed by atoms with Crippen molar-refractivity contribution in [3.8, 4) is 6.07 Å². The number of nitriles is 1. The van der Waals surface area contributed by atoms with Crippen molar-refractivity contribution in [3.05, 3.63) is 30.1 Å². The SMILES string of the molecule is N#CCCN(Cc1ccncc1)C(=O)CCl. The van der Waals surface area contributed by atoms with E-state index in [1.807, 2.05) is 18.2 Å². The molecule has 16 heavy (non-hydrogen) atoms. The molecule has 84 valence electrons. The summed E-state index contributed by atoms with van der Waals surface area (Å²) < 4.78 is 0. The topological polar surface area (TPSA) is 57.0 Å². The summed E-state index contributed by atoms with van der Waals surface area (Å²) in [6.45, 7) is 0.875. The molecule has 0 fully saturated rings. The Bertz CT molecular complexity index is 375. The predicted octanol–water partition coefficient (Wildman–Crippen LogP) is 1.56. The lowest BCUT2D eigenvalue weighted by Crippen LogP contribution is -2.32. The van der Waals surface area contributed by atoms with Crippen LogP contribution in [0.1, 0.15) is 12.0 Å². The first-order valence-corrected chi connectivity index (χ1v) is 5.41. The first-order chi connectivity index (χ1) is 7.77. The lowest BCUT2D eigenvalue weighted by Gasteiger charge is -2.20. The number of nitrogens with zero attached hydrogens (tertiary/aromatic N) is 3. The van der Waals surface area contributed by atoms with Crippen LogP contribution in [0.15, 0.2) is 24.5 Å². The van der Waals surface area contributed by atoms with E-state index in [0.29, 0.717) is 19.5 Å². The minimum atomic E-state index is -0.159. The van der Waals surface area contributed by atoms with Crippen molar-refractivity contribution in [2.24, 2.45) is 0 Å². The fraction of sp³-hybridized carbons (Fsp3) is 0.364. The zero-order valence-electron chi connectivity index (χ0n) is 8.77. The Morgan fingerprint density at radius 3 is 2.75 bits per heavy atom. The Kier molecular flexibility index (Phi) is 5.30. The number of pyridine rings is 1. The van der Waals surface area contributed by atoms with Gasteiger partial charge < -0.3 is 4.90 Å². The van der Waals surface area contributed by atoms with Gasteiger partial charge in [0, 0.05) is 25.5 Å². The molecule has 4 nitrogen and oxygen atoms in total. The Labute approximate surface area is 99.5 Å². The van der Waals surface area contributed by atoms with Gasteiger partial charge in [-0.05, 0) is 17.7 Å². The van der Waals surface area contributed by atoms with E-state index >= 15 is 0 Å². The summed E-state index contributed by atoms with van der Waals surface area (Å²) >= 11 is 5.51. The normalized spacial score (nSPS) is 9.50. The molecule has 0 bridgehead atoms. The molecule has 1 aromatic rings. The summed E-state index contributed by atoms with van der Waals surface area (Å²) in [7, 11) is 0. The molecular weight excluding hydrogens is 226 g/mol. The summed E-state index contributed by atoms with van der Waals surface area (Å²) in [5.41, 5.74) is 0.978. The minimum absolute atomic E-state index is 0.0590. The maximum atomic E-state index is 11.5. The van der Waals surface area contributed by atoms with Crippen LogP contribution in [-0.4, -0.2) is 28.2 Å². The van der Waals surface area contributed by atoms with E-state index in [0.717, 1.165) is 5.56 Å². The Morgan fingerprint density at radius 1 is 1.50 bits per heavy atom. The van der Waals surface area contributed by atoms with Crippen molar-refractivity contribution in [1.29, 1.82) is 5.26 Å². The van der Waals surface area contributed by atoms with Crippen LogP contribution in [0, 0.1) is 11.3 Å². The largest absolute Gasteiger partial charge is 0.336 e. The Balaban J connectivity index is 2.64. The Hall–Kier alpha value is -1.60. The number of hydrogen-bond acceptors (Lipinski definition) is 3. The van der Waals surface area contributed by atoms with Crippen LogP contribution in [0.5, 0.6) is 0 Å². The standard InChI is InChI=1S/C11H12ClN3O/c12-8-11(16)15(7-1-4-13)9-10-2-5-14-6-3-10/h2-3,5-6H,1,7-9H2. The molecule has 1 rings (SSSR count). The highest BCUT2D eigenvalue weighted by molar-refractivity contribution is 6.27. The van der Waals surface area contributed by atoms with Gasteiger partial charge >= 0.3 is 0 Å². The molecule has 0 radical (unpaired) electrons. The van der Waals surface area contributed by atoms with Crippen molar-refractivity contribution < 1.29 is 4.79 Å². The van der Waals surface area contributed by atoms with E-state index in [9.17, 15) is 4.79 Å². The lowest BCUT2D eigenvalue weighted by atomic mass is 10.2. The van der Waals surface area contributed by atoms with Crippen molar-refractivity contribution >= 4 is 17.5 Å². The summed E-state index contributed by atoms with van der Waals surface area (Å²) in [5.74, 6) is -0.218. The molecule has 0 atom stereocenters. The Morgan fingerprint density at radius 2 is 2.19 bits per heavy atom. The summed E-state index contributed by atoms with van der Waals surface area (Å²) in [6, 6.07) is 5.68. The van der Waals surface area contributed by atoms with Gasteiger partial charge in [0.15, 0.2) is 0 Å². The van der Waals surface area contributed by atoms with E-state index < -0.39 is 0 Å². The van der Waals surface area contributed by atoms with Gasteiger partial charge in [0.25, 0.3) is 0 Å². The first-order valence-electron chi connectivity index (χ1n) is 4.87. The van der Waals surface area contributed by atoms with Gasteiger partial charge in [-0.2, -0.15) is 5.26 Å². The maximum absolute atomic E-state index is 11.5.